The number of carbonyl (C=O) groups excluding carboxylic acids is 2. The molecule has 1 aliphatic heterocycles. The van der Waals surface area contributed by atoms with E-state index >= 15 is 0 Å². The van der Waals surface area contributed by atoms with Gasteiger partial charge in [0.25, 0.3) is 11.8 Å². The largest absolute Gasteiger partial charge is 0.396 e. The maximum Gasteiger partial charge on any atom is 0.274 e. The lowest BCUT2D eigenvalue weighted by Gasteiger charge is -2.39. The molecule has 4 aromatic rings. The van der Waals surface area contributed by atoms with E-state index in [-0.39, 0.29) is 24.4 Å². The fourth-order valence-corrected chi connectivity index (χ4v) is 3.87. The Bertz CT molecular complexity index is 1350. The van der Waals surface area contributed by atoms with Crippen LogP contribution in [0.5, 0.6) is 0 Å². The Morgan fingerprint density at radius 2 is 1.97 bits per heavy atom. The van der Waals surface area contributed by atoms with E-state index in [0.29, 0.717) is 24.5 Å². The van der Waals surface area contributed by atoms with Crippen molar-refractivity contribution in [1.29, 1.82) is 0 Å². The number of aliphatic hydroxyl groups excluding tert-OH is 1. The molecule has 1 fully saturated rings. The lowest BCUT2D eigenvalue weighted by Crippen LogP contribution is -2.53. The van der Waals surface area contributed by atoms with Gasteiger partial charge in [0, 0.05) is 43.3 Å². The van der Waals surface area contributed by atoms with Gasteiger partial charge in [-0.3, -0.25) is 14.3 Å². The zero-order valence-corrected chi connectivity index (χ0v) is 18.6. The molecule has 4 heterocycles. The number of fused-ring (bicyclic) bond motifs is 1. The molecule has 1 aliphatic rings. The maximum absolute atomic E-state index is 13.1. The number of carbonyl (C=O) groups is 2. The molecule has 3 aromatic heterocycles. The van der Waals surface area contributed by atoms with Crippen molar-refractivity contribution < 1.29 is 19.4 Å². The van der Waals surface area contributed by atoms with Crippen molar-refractivity contribution in [3.05, 3.63) is 72.3 Å². The monoisotopic (exact) mass is 460 g/mol. The van der Waals surface area contributed by atoms with E-state index in [1.54, 1.807) is 19.2 Å². The minimum absolute atomic E-state index is 0.0874. The first-order valence-corrected chi connectivity index (χ1v) is 10.8. The van der Waals surface area contributed by atoms with Gasteiger partial charge < -0.3 is 24.9 Å². The highest BCUT2D eigenvalue weighted by atomic mass is 16.5. The molecule has 174 valence electrons. The fourth-order valence-electron chi connectivity index (χ4n) is 3.87. The molecule has 0 atom stereocenters. The first kappa shape index (κ1) is 21.8. The van der Waals surface area contributed by atoms with Gasteiger partial charge in [-0.15, -0.1) is 0 Å². The molecular weight excluding hydrogens is 436 g/mol. The summed E-state index contributed by atoms with van der Waals surface area (Å²) in [5.74, 6) is -0.901. The van der Waals surface area contributed by atoms with E-state index in [4.69, 9.17) is 4.74 Å². The molecule has 5 rings (SSSR count). The van der Waals surface area contributed by atoms with Crippen LogP contribution in [0.3, 0.4) is 0 Å². The van der Waals surface area contributed by atoms with Crippen LogP contribution in [-0.4, -0.2) is 62.5 Å². The summed E-state index contributed by atoms with van der Waals surface area (Å²) in [6, 6.07) is 13.4. The van der Waals surface area contributed by atoms with Crippen LogP contribution in [0, 0.1) is 5.41 Å². The number of nitrogens with one attached hydrogen (secondary N) is 2. The van der Waals surface area contributed by atoms with Crippen molar-refractivity contribution in [2.75, 3.05) is 31.7 Å². The summed E-state index contributed by atoms with van der Waals surface area (Å²) in [7, 11) is 1.60. The third-order valence-corrected chi connectivity index (χ3v) is 5.96. The molecule has 0 unspecified atom stereocenters. The van der Waals surface area contributed by atoms with Crippen LogP contribution >= 0.6 is 0 Å². The summed E-state index contributed by atoms with van der Waals surface area (Å²) in [5, 5.41) is 19.3. The lowest BCUT2D eigenvalue weighted by atomic mass is 9.87. The maximum atomic E-state index is 13.1. The number of amides is 2. The Kier molecular flexibility index (Phi) is 5.60. The molecule has 1 aromatic carbocycles. The van der Waals surface area contributed by atoms with Crippen molar-refractivity contribution in [2.24, 2.45) is 12.5 Å². The second kappa shape index (κ2) is 8.73. The van der Waals surface area contributed by atoms with Crippen LogP contribution in [0.1, 0.15) is 20.8 Å². The van der Waals surface area contributed by atoms with Gasteiger partial charge in [0.15, 0.2) is 0 Å². The standard InChI is InChI=1S/C24H24N6O4/c1-29-21(18(10-26-29)22(32)25-12-24(13-31)14-34-15-24)23(33)27-17-7-8-30-11-19(28-20(30)9-17)16-5-3-2-4-6-16/h2-11,31H,12-15H2,1H3,(H,25,32)(H,27,33). The zero-order valence-electron chi connectivity index (χ0n) is 18.6. The molecule has 1 saturated heterocycles. The van der Waals surface area contributed by atoms with E-state index < -0.39 is 17.2 Å². The minimum atomic E-state index is -0.474. The van der Waals surface area contributed by atoms with Crippen LogP contribution in [0.4, 0.5) is 5.69 Å². The number of aliphatic hydroxyl groups is 1. The normalized spacial score (nSPS) is 14.5. The van der Waals surface area contributed by atoms with Crippen molar-refractivity contribution in [1.82, 2.24) is 24.5 Å². The van der Waals surface area contributed by atoms with E-state index in [1.807, 2.05) is 47.1 Å². The van der Waals surface area contributed by atoms with Gasteiger partial charge in [0.1, 0.15) is 11.3 Å². The molecule has 0 radical (unpaired) electrons. The first-order valence-electron chi connectivity index (χ1n) is 10.8. The third kappa shape index (κ3) is 4.04. The van der Waals surface area contributed by atoms with Gasteiger partial charge in [-0.2, -0.15) is 5.10 Å². The summed E-state index contributed by atoms with van der Waals surface area (Å²) < 4.78 is 8.40. The Morgan fingerprint density at radius 1 is 1.18 bits per heavy atom. The predicted molar refractivity (Wildman–Crippen MR) is 124 cm³/mol. The van der Waals surface area contributed by atoms with E-state index in [9.17, 15) is 14.7 Å². The molecule has 10 nitrogen and oxygen atoms in total. The number of nitrogens with zero attached hydrogens (tertiary/aromatic N) is 4. The second-order valence-electron chi connectivity index (χ2n) is 8.49. The number of imidazole rings is 1. The number of ether oxygens (including phenoxy) is 1. The average Bonchev–Trinajstić information content (AvgIpc) is 3.42. The second-order valence-corrected chi connectivity index (χ2v) is 8.49. The van der Waals surface area contributed by atoms with Crippen molar-refractivity contribution >= 4 is 23.1 Å². The Balaban J connectivity index is 1.33. The van der Waals surface area contributed by atoms with E-state index in [0.717, 1.165) is 11.3 Å². The number of aryl methyl sites for hydroxylation is 1. The van der Waals surface area contributed by atoms with Gasteiger partial charge in [0.2, 0.25) is 0 Å². The summed E-state index contributed by atoms with van der Waals surface area (Å²) in [5.41, 5.74) is 2.86. The highest BCUT2D eigenvalue weighted by Gasteiger charge is 2.38. The van der Waals surface area contributed by atoms with Gasteiger partial charge in [-0.05, 0) is 6.07 Å². The fraction of sp³-hybridized carbons (Fsp3) is 0.250. The SMILES string of the molecule is Cn1ncc(C(=O)NCC2(CO)COC2)c1C(=O)Nc1ccn2cc(-c3ccccc3)nc2c1. The van der Waals surface area contributed by atoms with Crippen LogP contribution in [0.25, 0.3) is 16.9 Å². The lowest BCUT2D eigenvalue weighted by molar-refractivity contribution is -0.133. The van der Waals surface area contributed by atoms with Gasteiger partial charge in [-0.1, -0.05) is 30.3 Å². The predicted octanol–water partition coefficient (Wildman–Crippen LogP) is 1.73. The Hall–Kier alpha value is -4.02. The smallest absolute Gasteiger partial charge is 0.274 e. The van der Waals surface area contributed by atoms with Crippen LogP contribution in [0.15, 0.2) is 61.1 Å². The van der Waals surface area contributed by atoms with Crippen LogP contribution in [-0.2, 0) is 11.8 Å². The summed E-state index contributed by atoms with van der Waals surface area (Å²) in [4.78, 5) is 30.5. The Morgan fingerprint density at radius 3 is 2.68 bits per heavy atom. The summed E-state index contributed by atoms with van der Waals surface area (Å²) in [6.45, 7) is 0.924. The molecule has 10 heteroatoms. The number of pyridine rings is 1. The molecule has 0 spiro atoms. The van der Waals surface area contributed by atoms with Crippen LogP contribution in [0.2, 0.25) is 0 Å². The van der Waals surface area contributed by atoms with Gasteiger partial charge >= 0.3 is 0 Å². The number of aromatic nitrogens is 4. The molecule has 34 heavy (non-hydrogen) atoms. The van der Waals surface area contributed by atoms with E-state index in [2.05, 4.69) is 20.7 Å². The first-order chi connectivity index (χ1) is 16.5. The average molecular weight is 460 g/mol. The quantitative estimate of drug-likeness (QED) is 0.386. The Labute approximate surface area is 195 Å². The molecule has 0 saturated carbocycles. The number of rotatable bonds is 7. The summed E-state index contributed by atoms with van der Waals surface area (Å²) in [6.07, 6.45) is 5.10. The molecule has 0 aliphatic carbocycles. The summed E-state index contributed by atoms with van der Waals surface area (Å²) >= 11 is 0. The zero-order chi connectivity index (χ0) is 23.7. The van der Waals surface area contributed by atoms with Crippen LogP contribution < -0.4 is 10.6 Å². The topological polar surface area (TPSA) is 123 Å². The van der Waals surface area contributed by atoms with Gasteiger partial charge in [-0.25, -0.2) is 4.98 Å². The van der Waals surface area contributed by atoms with Crippen molar-refractivity contribution in [2.45, 2.75) is 0 Å². The number of benzene rings is 1. The van der Waals surface area contributed by atoms with Crippen molar-refractivity contribution in [3.8, 4) is 11.3 Å². The number of hydrogen-bond acceptors (Lipinski definition) is 6. The molecule has 2 amide bonds. The highest BCUT2D eigenvalue weighted by molar-refractivity contribution is 6.11. The minimum Gasteiger partial charge on any atom is -0.396 e. The van der Waals surface area contributed by atoms with E-state index in [1.165, 1.54) is 10.9 Å². The molecule has 0 bridgehead atoms. The third-order valence-electron chi connectivity index (χ3n) is 5.96. The van der Waals surface area contributed by atoms with Crippen molar-refractivity contribution in [3.63, 3.8) is 0 Å². The number of anilines is 1. The van der Waals surface area contributed by atoms with Gasteiger partial charge in [0.05, 0.1) is 42.7 Å². The molecular formula is C24H24N6O4. The number of hydrogen-bond donors (Lipinski definition) is 3. The molecule has 3 N–H and O–H groups in total. The highest BCUT2D eigenvalue weighted by Crippen LogP contribution is 2.26.